The summed E-state index contributed by atoms with van der Waals surface area (Å²) in [7, 11) is 0. The van der Waals surface area contributed by atoms with Gasteiger partial charge < -0.3 is 19.2 Å². The highest BCUT2D eigenvalue weighted by Crippen LogP contribution is 2.36. The van der Waals surface area contributed by atoms with Crippen LogP contribution in [0.1, 0.15) is 62.0 Å². The van der Waals surface area contributed by atoms with Crippen LogP contribution in [0.4, 0.5) is 0 Å². The normalized spacial score (nSPS) is 19.3. The van der Waals surface area contributed by atoms with E-state index in [1.165, 1.54) is 4.90 Å². The molecule has 0 spiro atoms. The van der Waals surface area contributed by atoms with Crippen molar-refractivity contribution < 1.29 is 19.2 Å². The van der Waals surface area contributed by atoms with E-state index in [2.05, 4.69) is 11.9 Å². The molecule has 39 heavy (non-hydrogen) atoms. The topological polar surface area (TPSA) is 59.9 Å². The van der Waals surface area contributed by atoms with Crippen molar-refractivity contribution in [1.82, 2.24) is 4.98 Å². The summed E-state index contributed by atoms with van der Waals surface area (Å²) in [6.45, 7) is 9.48. The molecule has 4 aromatic rings. The molecule has 3 atom stereocenters. The van der Waals surface area contributed by atoms with Crippen LogP contribution in [0.2, 0.25) is 5.02 Å². The smallest absolute Gasteiger partial charge is 0.236 e. The lowest BCUT2D eigenvalue weighted by Crippen LogP contribution is -3.13. The fraction of sp³-hybridized carbons (Fsp3) is 0.364. The fourth-order valence-electron chi connectivity index (χ4n) is 5.31. The molecule has 1 saturated heterocycles. The van der Waals surface area contributed by atoms with E-state index in [0.717, 1.165) is 53.4 Å². The first-order valence-corrected chi connectivity index (χ1v) is 14.4. The number of benzene rings is 3. The van der Waals surface area contributed by atoms with Crippen LogP contribution in [0.15, 0.2) is 95.5 Å². The lowest BCUT2D eigenvalue weighted by Gasteiger charge is -2.35. The van der Waals surface area contributed by atoms with Gasteiger partial charge >= 0.3 is 0 Å². The van der Waals surface area contributed by atoms with Gasteiger partial charge in [-0.3, -0.25) is 0 Å². The fourth-order valence-corrected chi connectivity index (χ4v) is 5.44. The van der Waals surface area contributed by atoms with Crippen LogP contribution in [-0.2, 0) is 23.5 Å². The second-order valence-corrected chi connectivity index (χ2v) is 10.3. The zero-order valence-corrected chi connectivity index (χ0v) is 23.9. The number of quaternary nitrogens is 1. The highest BCUT2D eigenvalue weighted by atomic mass is 35.5. The van der Waals surface area contributed by atoms with Crippen LogP contribution in [0, 0.1) is 5.92 Å². The monoisotopic (exact) mass is 547 g/mol. The zero-order valence-electron chi connectivity index (χ0n) is 23.1. The van der Waals surface area contributed by atoms with E-state index >= 15 is 0 Å². The third-order valence-corrected chi connectivity index (χ3v) is 7.71. The summed E-state index contributed by atoms with van der Waals surface area (Å²) < 4.78 is 12.7. The number of rotatable bonds is 9. The first-order chi connectivity index (χ1) is 19.1. The molecule has 1 aromatic heterocycles. The molecule has 1 fully saturated rings. The van der Waals surface area contributed by atoms with Crippen molar-refractivity contribution >= 4 is 11.6 Å². The van der Waals surface area contributed by atoms with E-state index in [1.54, 1.807) is 6.20 Å². The predicted octanol–water partition coefficient (Wildman–Crippen LogP) is 6.04. The molecule has 0 bridgehead atoms. The van der Waals surface area contributed by atoms with E-state index in [4.69, 9.17) is 20.8 Å². The number of likely N-dealkylation sites (tertiary alicyclic amines) is 1. The second kappa shape index (κ2) is 13.9. The van der Waals surface area contributed by atoms with E-state index < -0.39 is 5.60 Å². The molecule has 0 amide bonds. The molecule has 0 aliphatic carbocycles. The zero-order chi connectivity index (χ0) is 27.7. The summed E-state index contributed by atoms with van der Waals surface area (Å²) >= 11 is 6.03. The molecule has 206 valence electrons. The summed E-state index contributed by atoms with van der Waals surface area (Å²) in [4.78, 5) is 5.97. The van der Waals surface area contributed by atoms with Gasteiger partial charge in [0.1, 0.15) is 19.2 Å². The maximum atomic E-state index is 12.0. The summed E-state index contributed by atoms with van der Waals surface area (Å²) in [5.74, 6) is 1.60. The Morgan fingerprint density at radius 3 is 2.18 bits per heavy atom. The van der Waals surface area contributed by atoms with E-state index in [9.17, 15) is 5.11 Å². The predicted molar refractivity (Wildman–Crippen MR) is 156 cm³/mol. The Kier molecular flexibility index (Phi) is 10.4. The number of halogens is 1. The number of piperidine rings is 1. The summed E-state index contributed by atoms with van der Waals surface area (Å²) in [5, 5.41) is 12.7. The number of hydrogen-bond acceptors (Lipinski definition) is 4. The van der Waals surface area contributed by atoms with Crippen molar-refractivity contribution in [3.05, 3.63) is 124 Å². The number of nitrogens with zero attached hydrogens (tertiary/aromatic N) is 1. The van der Waals surface area contributed by atoms with Crippen molar-refractivity contribution in [1.29, 1.82) is 0 Å². The number of nitrogens with one attached hydrogen (secondary N) is 1. The third-order valence-electron chi connectivity index (χ3n) is 7.46. The van der Waals surface area contributed by atoms with Gasteiger partial charge in [0.05, 0.1) is 19.3 Å². The minimum atomic E-state index is -1.46. The first-order valence-electron chi connectivity index (χ1n) is 14.0. The number of aliphatic hydroxyl groups is 1. The van der Waals surface area contributed by atoms with Crippen molar-refractivity contribution in [2.24, 2.45) is 5.92 Å². The van der Waals surface area contributed by atoms with Gasteiger partial charge in [0.2, 0.25) is 5.89 Å². The molecular formula is C33H40ClN2O3+. The quantitative estimate of drug-likeness (QED) is 0.268. The number of hydrogen-bond donors (Lipinski definition) is 2. The summed E-state index contributed by atoms with van der Waals surface area (Å²) in [6.07, 6.45) is 4.15. The van der Waals surface area contributed by atoms with Crippen LogP contribution in [0.25, 0.3) is 0 Å². The minimum Gasteiger partial charge on any atom is -0.436 e. The molecule has 6 heteroatoms. The molecule has 1 aliphatic rings. The average molecular weight is 548 g/mol. The molecule has 2 heterocycles. The summed E-state index contributed by atoms with van der Waals surface area (Å²) in [6, 6.07) is 27.0. The number of oxazole rings is 1. The van der Waals surface area contributed by atoms with Crippen LogP contribution in [-0.4, -0.2) is 29.3 Å². The van der Waals surface area contributed by atoms with Gasteiger partial charge in [-0.05, 0) is 34.7 Å². The van der Waals surface area contributed by atoms with Crippen molar-refractivity contribution in [2.75, 3.05) is 13.1 Å². The van der Waals surface area contributed by atoms with E-state index in [-0.39, 0.29) is 6.10 Å². The Balaban J connectivity index is 0.00000172. The molecule has 0 radical (unpaired) electrons. The highest BCUT2D eigenvalue weighted by molar-refractivity contribution is 6.30. The maximum absolute atomic E-state index is 12.0. The standard InChI is InChI=1S/C31H33ClN2O3.C2H6/c1-2-24-17-18-34(21-29(24)36-22-23-13-15-27(32)16-14-23)20-28-19-33-30(37-28)31(35,25-9-5-3-6-10-25)26-11-7-4-8-12-26;1-2/h3-16,19,24,29,35H,2,17-18,20-22H2,1H3;1-2H3/p+1. The van der Waals surface area contributed by atoms with Gasteiger partial charge in [0.15, 0.2) is 11.4 Å². The molecule has 5 nitrogen and oxygen atoms in total. The Morgan fingerprint density at radius 1 is 0.974 bits per heavy atom. The van der Waals surface area contributed by atoms with Crippen molar-refractivity contribution in [3.8, 4) is 0 Å². The van der Waals surface area contributed by atoms with Gasteiger partial charge in [0.25, 0.3) is 0 Å². The van der Waals surface area contributed by atoms with E-state index in [1.807, 2.05) is 98.8 Å². The molecule has 3 unspecified atom stereocenters. The van der Waals surface area contributed by atoms with Gasteiger partial charge in [0, 0.05) is 11.4 Å². The molecule has 2 N–H and O–H groups in total. The van der Waals surface area contributed by atoms with Gasteiger partial charge in [-0.25, -0.2) is 4.98 Å². The number of ether oxygens (including phenoxy) is 1. The molecule has 0 saturated carbocycles. The summed E-state index contributed by atoms with van der Waals surface area (Å²) in [5.41, 5.74) is 1.12. The van der Waals surface area contributed by atoms with Crippen molar-refractivity contribution in [2.45, 2.75) is 58.5 Å². The maximum Gasteiger partial charge on any atom is 0.236 e. The van der Waals surface area contributed by atoms with Crippen LogP contribution in [0.3, 0.4) is 0 Å². The van der Waals surface area contributed by atoms with Gasteiger partial charge in [-0.2, -0.15) is 0 Å². The SMILES string of the molecule is CC.CCC1CC[NH+](Cc2cnc(C(O)(c3ccccc3)c3ccccc3)o2)CC1OCc1ccc(Cl)cc1. The minimum absolute atomic E-state index is 0.178. The molecule has 1 aliphatic heterocycles. The Morgan fingerprint density at radius 2 is 1.59 bits per heavy atom. The van der Waals surface area contributed by atoms with Crippen LogP contribution in [0.5, 0.6) is 0 Å². The molecule has 5 rings (SSSR count). The Bertz CT molecular complexity index is 1220. The highest BCUT2D eigenvalue weighted by Gasteiger charge is 2.39. The van der Waals surface area contributed by atoms with Gasteiger partial charge in [-0.1, -0.05) is 112 Å². The molecule has 3 aromatic carbocycles. The lowest BCUT2D eigenvalue weighted by molar-refractivity contribution is -0.924. The molecular weight excluding hydrogens is 508 g/mol. The van der Waals surface area contributed by atoms with Crippen LogP contribution < -0.4 is 4.90 Å². The van der Waals surface area contributed by atoms with Crippen LogP contribution >= 0.6 is 11.6 Å². The first kappa shape index (κ1) is 29.0. The largest absolute Gasteiger partial charge is 0.436 e. The van der Waals surface area contributed by atoms with Crippen molar-refractivity contribution in [3.63, 3.8) is 0 Å². The number of aromatic nitrogens is 1. The second-order valence-electron chi connectivity index (χ2n) is 9.89. The van der Waals surface area contributed by atoms with Gasteiger partial charge in [-0.15, -0.1) is 0 Å². The average Bonchev–Trinajstić information content (AvgIpc) is 3.47. The third kappa shape index (κ3) is 6.98. The van der Waals surface area contributed by atoms with E-state index in [0.29, 0.717) is 25.0 Å². The Hall–Kier alpha value is -2.96. The lowest BCUT2D eigenvalue weighted by atomic mass is 9.86. The Labute approximate surface area is 237 Å².